The molecule has 6 heterocycles. The minimum Gasteiger partial charge on any atom is -0.490 e. The number of nitrogen functional groups attached to an aromatic ring is 2. The number of anilines is 3. The molecule has 4 N–H and O–H groups in total. The van der Waals surface area contributed by atoms with Crippen molar-refractivity contribution < 1.29 is 53.4 Å². The zero-order valence-corrected chi connectivity index (χ0v) is 32.3. The van der Waals surface area contributed by atoms with Gasteiger partial charge in [0, 0.05) is 48.1 Å². The van der Waals surface area contributed by atoms with Crippen LogP contribution in [0.25, 0.3) is 32.1 Å². The Morgan fingerprint density at radius 3 is 2.47 bits per heavy atom. The van der Waals surface area contributed by atoms with Gasteiger partial charge in [-0.1, -0.05) is 12.1 Å². The maximum atomic E-state index is 16.9. The van der Waals surface area contributed by atoms with Crippen molar-refractivity contribution >= 4 is 49.0 Å². The van der Waals surface area contributed by atoms with Gasteiger partial charge in [-0.2, -0.15) is 41.6 Å². The van der Waals surface area contributed by atoms with Gasteiger partial charge in [0.2, 0.25) is 0 Å². The number of rotatable bonds is 6. The van der Waals surface area contributed by atoms with Crippen LogP contribution in [0.15, 0.2) is 30.5 Å². The van der Waals surface area contributed by atoms with Crippen molar-refractivity contribution in [2.45, 2.75) is 68.9 Å². The molecule has 3 aliphatic heterocycles. The molecule has 0 amide bonds. The lowest BCUT2D eigenvalue weighted by Gasteiger charge is -2.33. The second kappa shape index (κ2) is 14.7. The Bertz CT molecular complexity index is 2550. The average Bonchev–Trinajstić information content (AvgIpc) is 3.50. The molecule has 2 saturated heterocycles. The first-order chi connectivity index (χ1) is 28.3. The minimum absolute atomic E-state index is 0.108. The fourth-order valence-corrected chi connectivity index (χ4v) is 9.85. The van der Waals surface area contributed by atoms with Crippen molar-refractivity contribution in [1.29, 1.82) is 5.26 Å². The number of nitrogens with two attached hydrogens (primary N) is 2. The second-order valence-electron chi connectivity index (χ2n) is 15.2. The fourth-order valence-electron chi connectivity index (χ4n) is 8.90. The van der Waals surface area contributed by atoms with E-state index in [0.29, 0.717) is 23.9 Å². The number of aromatic nitrogens is 3. The summed E-state index contributed by atoms with van der Waals surface area (Å²) in [7, 11) is 1.10. The van der Waals surface area contributed by atoms with E-state index < -0.39 is 106 Å². The summed E-state index contributed by atoms with van der Waals surface area (Å²) in [6.45, 7) is 0.848. The van der Waals surface area contributed by atoms with Gasteiger partial charge in [0.15, 0.2) is 5.82 Å². The van der Waals surface area contributed by atoms with Gasteiger partial charge in [0.05, 0.1) is 40.8 Å². The zero-order valence-electron chi connectivity index (χ0n) is 31.5. The van der Waals surface area contributed by atoms with Crippen LogP contribution >= 0.6 is 11.3 Å². The number of fused-ring (bicyclic) bond motifs is 2. The largest absolute Gasteiger partial charge is 0.490 e. The molecule has 3 fully saturated rings. The molecule has 5 aromatic rings. The van der Waals surface area contributed by atoms with Crippen molar-refractivity contribution in [2.75, 3.05) is 49.7 Å². The topological polar surface area (TPSA) is 139 Å². The predicted molar refractivity (Wildman–Crippen MR) is 202 cm³/mol. The van der Waals surface area contributed by atoms with Crippen molar-refractivity contribution in [3.63, 3.8) is 0 Å². The van der Waals surface area contributed by atoms with Crippen LogP contribution < -0.4 is 25.8 Å². The van der Waals surface area contributed by atoms with Crippen LogP contribution in [-0.2, 0) is 6.18 Å². The van der Waals surface area contributed by atoms with Crippen LogP contribution in [0.2, 0.25) is 0 Å². The Kier molecular flexibility index (Phi) is 10.1. The third kappa shape index (κ3) is 7.00. The summed E-state index contributed by atoms with van der Waals surface area (Å²) in [6, 6.07) is 4.97. The number of alkyl halides is 8. The van der Waals surface area contributed by atoms with Gasteiger partial charge < -0.3 is 25.8 Å². The summed E-state index contributed by atoms with van der Waals surface area (Å²) < 4.78 is 154. The lowest BCUT2D eigenvalue weighted by atomic mass is 9.91. The molecule has 318 valence electrons. The number of hydrogen-bond donors (Lipinski definition) is 2. The molecule has 1 unspecified atom stereocenters. The first kappa shape index (κ1) is 41.4. The molecule has 2 aromatic carbocycles. The van der Waals surface area contributed by atoms with Gasteiger partial charge in [-0.05, 0) is 49.9 Å². The highest BCUT2D eigenvalue weighted by Gasteiger charge is 2.74. The Labute approximate surface area is 338 Å². The van der Waals surface area contributed by atoms with Crippen LogP contribution in [0, 0.1) is 28.4 Å². The molecule has 0 radical (unpaired) electrons. The fraction of sp³-hybridized carbons (Fsp3) is 0.436. The van der Waals surface area contributed by atoms with Crippen molar-refractivity contribution in [2.24, 2.45) is 5.41 Å². The maximum Gasteiger partial charge on any atom is 0.420 e. The Morgan fingerprint density at radius 2 is 1.83 bits per heavy atom. The van der Waals surface area contributed by atoms with Gasteiger partial charge in [0.25, 0.3) is 5.92 Å². The number of benzene rings is 2. The molecule has 10 nitrogen and oxygen atoms in total. The average molecular weight is 869 g/mol. The lowest BCUT2D eigenvalue weighted by molar-refractivity contribution is -0.138. The Balaban J connectivity index is 0.000000351. The van der Waals surface area contributed by atoms with Crippen LogP contribution in [0.3, 0.4) is 0 Å². The van der Waals surface area contributed by atoms with Crippen LogP contribution in [0.1, 0.15) is 61.3 Å². The van der Waals surface area contributed by atoms with Gasteiger partial charge in [0.1, 0.15) is 52.0 Å². The molecule has 3 aromatic heterocycles. The van der Waals surface area contributed by atoms with E-state index in [2.05, 4.69) is 19.9 Å². The number of nitriles is 1. The number of methoxy groups -OCH3 is 1. The number of nitrogens with zero attached hydrogens (tertiary/aromatic N) is 6. The summed E-state index contributed by atoms with van der Waals surface area (Å²) in [4.78, 5) is 15.7. The molecule has 1 spiro atoms. The molecule has 3 atom stereocenters. The normalized spacial score (nSPS) is 21.3. The van der Waals surface area contributed by atoms with Crippen LogP contribution in [0.4, 0.5) is 60.5 Å². The molecule has 1 saturated carbocycles. The van der Waals surface area contributed by atoms with Gasteiger partial charge in [-0.15, -0.1) is 11.3 Å². The smallest absolute Gasteiger partial charge is 0.420 e. The van der Waals surface area contributed by atoms with E-state index >= 15 is 17.6 Å². The van der Waals surface area contributed by atoms with E-state index in [0.717, 1.165) is 38.6 Å². The number of halogens is 10. The van der Waals surface area contributed by atoms with Gasteiger partial charge >= 0.3 is 18.4 Å². The standard InChI is InChI=1S/C30H21F8N7O2S.C9H13F2N/c1-46-28-43-22-19-23(47-10-9-45(27(19)44-28)16(6-7-29(33,34)35)12-3-2-8-42-25(12)40)20(30(36,37)38)18(21(22)32)13-4-5-15(31)24-17(13)14(11-39)26(41)48-24;10-9(11)5-8(9)4-7-2-1-3-12(7)6-8/h2-5,8,16H,6-7,9-10,41H2,1H3,(H2,40,42);7H,1-6H2/t16-;7?,8-/m10/s1. The highest BCUT2D eigenvalue weighted by atomic mass is 32.1. The van der Waals surface area contributed by atoms with Crippen molar-refractivity contribution in [3.05, 3.63) is 58.8 Å². The summed E-state index contributed by atoms with van der Waals surface area (Å²) in [5.41, 5.74) is 7.10. The SMILES string of the molecule is COc1nc2c3c(c(C(F)(F)F)c(-c4ccc(F)c5sc(N)c(C#N)c45)c(F)c3n1)OCCN2[C@H](CCC(F)(F)F)c1cccnc1N.FC1(F)C[C@]12CC1CCCN1C2. The van der Waals surface area contributed by atoms with Crippen molar-refractivity contribution in [3.8, 4) is 29.0 Å². The third-order valence-corrected chi connectivity index (χ3v) is 12.7. The number of thiophene rings is 1. The summed E-state index contributed by atoms with van der Waals surface area (Å²) >= 11 is 0.601. The number of ether oxygens (including phenoxy) is 2. The van der Waals surface area contributed by atoms with Gasteiger partial charge in [-0.3, -0.25) is 4.90 Å². The van der Waals surface area contributed by atoms with Gasteiger partial charge in [-0.25, -0.2) is 22.5 Å². The third-order valence-electron chi connectivity index (χ3n) is 11.7. The molecular weight excluding hydrogens is 835 g/mol. The molecule has 1 aliphatic carbocycles. The quantitative estimate of drug-likeness (QED) is 0.159. The monoisotopic (exact) mass is 868 g/mol. The molecule has 4 aliphatic rings. The number of hydrogen-bond acceptors (Lipinski definition) is 11. The molecule has 9 rings (SSSR count). The summed E-state index contributed by atoms with van der Waals surface area (Å²) in [5, 5.41) is 8.60. The highest BCUT2D eigenvalue weighted by Crippen LogP contribution is 2.67. The summed E-state index contributed by atoms with van der Waals surface area (Å²) in [6.07, 6.45) is -7.34. The molecule has 21 heteroatoms. The zero-order chi connectivity index (χ0) is 43.1. The van der Waals surface area contributed by atoms with E-state index in [4.69, 9.17) is 20.9 Å². The molecule has 60 heavy (non-hydrogen) atoms. The first-order valence-electron chi connectivity index (χ1n) is 18.7. The van der Waals surface area contributed by atoms with E-state index in [1.165, 1.54) is 29.7 Å². The lowest BCUT2D eigenvalue weighted by Crippen LogP contribution is -2.34. The Hall–Kier alpha value is -5.36. The second-order valence-corrected chi connectivity index (χ2v) is 16.3. The van der Waals surface area contributed by atoms with Crippen molar-refractivity contribution in [1.82, 2.24) is 19.9 Å². The molecular formula is C39H34F10N8O2S. The van der Waals surface area contributed by atoms with E-state index in [-0.39, 0.29) is 45.0 Å². The van der Waals surface area contributed by atoms with Crippen LogP contribution in [0.5, 0.6) is 11.8 Å². The number of pyridine rings is 1. The predicted octanol–water partition coefficient (Wildman–Crippen LogP) is 9.41. The highest BCUT2D eigenvalue weighted by molar-refractivity contribution is 7.23. The van der Waals surface area contributed by atoms with E-state index in [1.54, 1.807) is 6.07 Å². The first-order valence-corrected chi connectivity index (χ1v) is 19.5. The minimum atomic E-state index is -5.34. The van der Waals surface area contributed by atoms with Crippen LogP contribution in [-0.4, -0.2) is 71.3 Å². The van der Waals surface area contributed by atoms with E-state index in [9.17, 15) is 31.6 Å². The van der Waals surface area contributed by atoms with E-state index in [1.807, 2.05) is 0 Å². The maximum absolute atomic E-state index is 16.9. The molecule has 0 bridgehead atoms. The summed E-state index contributed by atoms with van der Waals surface area (Å²) in [5.74, 6) is -6.29. The Morgan fingerprint density at radius 1 is 1.08 bits per heavy atom.